The number of hydrogen-bond acceptors (Lipinski definition) is 5. The molecule has 0 saturated heterocycles. The first-order chi connectivity index (χ1) is 11.9. The second kappa shape index (κ2) is 6.09. The van der Waals surface area contributed by atoms with Crippen LogP contribution in [0.5, 0.6) is 0 Å². The molecule has 0 aliphatic heterocycles. The van der Waals surface area contributed by atoms with Crippen LogP contribution in [0, 0.1) is 5.41 Å². The molecule has 25 heavy (non-hydrogen) atoms. The van der Waals surface area contributed by atoms with Crippen LogP contribution in [0.3, 0.4) is 0 Å². The van der Waals surface area contributed by atoms with Gasteiger partial charge in [0.15, 0.2) is 5.13 Å². The SMILES string of the molecule is CCN(c1ncc(C(=O)O)s1)c1sc(C2CC2)c2c1CCC(C)(C)C2. The third kappa shape index (κ3) is 3.10. The predicted molar refractivity (Wildman–Crippen MR) is 104 cm³/mol. The van der Waals surface area contributed by atoms with Crippen molar-refractivity contribution in [3.05, 3.63) is 27.1 Å². The van der Waals surface area contributed by atoms with Crippen LogP contribution in [0.4, 0.5) is 10.1 Å². The zero-order chi connectivity index (χ0) is 17.8. The largest absolute Gasteiger partial charge is 0.477 e. The number of carboxylic acid groups (broad SMARTS) is 1. The highest BCUT2D eigenvalue weighted by atomic mass is 32.1. The van der Waals surface area contributed by atoms with Gasteiger partial charge in [-0.2, -0.15) is 0 Å². The fourth-order valence-corrected chi connectivity index (χ4v) is 6.22. The van der Waals surface area contributed by atoms with Crippen LogP contribution < -0.4 is 4.90 Å². The van der Waals surface area contributed by atoms with Crippen molar-refractivity contribution in [3.63, 3.8) is 0 Å². The highest BCUT2D eigenvalue weighted by molar-refractivity contribution is 7.19. The Morgan fingerprint density at radius 2 is 2.12 bits per heavy atom. The predicted octanol–water partition coefficient (Wildman–Crippen LogP) is 5.45. The second-order valence-corrected chi connectivity index (χ2v) is 9.94. The molecule has 2 aromatic rings. The molecule has 1 N–H and O–H groups in total. The molecule has 0 radical (unpaired) electrons. The normalized spacial score (nSPS) is 18.8. The Labute approximate surface area is 156 Å². The Hall–Kier alpha value is -1.40. The summed E-state index contributed by atoms with van der Waals surface area (Å²) < 4.78 is 0. The first-order valence-electron chi connectivity index (χ1n) is 9.00. The number of hydrogen-bond donors (Lipinski definition) is 1. The van der Waals surface area contributed by atoms with Crippen LogP contribution >= 0.6 is 22.7 Å². The van der Waals surface area contributed by atoms with E-state index in [1.165, 1.54) is 53.8 Å². The Bertz CT molecular complexity index is 818. The fourth-order valence-electron chi connectivity index (χ4n) is 3.73. The lowest BCUT2D eigenvalue weighted by Crippen LogP contribution is -2.23. The second-order valence-electron chi connectivity index (χ2n) is 7.90. The van der Waals surface area contributed by atoms with Crippen LogP contribution in [0.25, 0.3) is 0 Å². The molecule has 0 amide bonds. The molecule has 0 spiro atoms. The van der Waals surface area contributed by atoms with E-state index in [1.54, 1.807) is 10.4 Å². The van der Waals surface area contributed by atoms with E-state index < -0.39 is 5.97 Å². The number of carboxylic acids is 1. The van der Waals surface area contributed by atoms with Crippen molar-refractivity contribution in [2.24, 2.45) is 5.41 Å². The Morgan fingerprint density at radius 1 is 1.36 bits per heavy atom. The zero-order valence-corrected chi connectivity index (χ0v) is 16.6. The van der Waals surface area contributed by atoms with Crippen molar-refractivity contribution < 1.29 is 9.90 Å². The Morgan fingerprint density at radius 3 is 2.72 bits per heavy atom. The van der Waals surface area contributed by atoms with Crippen LogP contribution in [-0.4, -0.2) is 22.6 Å². The molecule has 2 aromatic heterocycles. The van der Waals surface area contributed by atoms with Crippen LogP contribution in [0.2, 0.25) is 0 Å². The van der Waals surface area contributed by atoms with E-state index in [0.29, 0.717) is 10.3 Å². The first kappa shape index (κ1) is 17.0. The van der Waals surface area contributed by atoms with Gasteiger partial charge in [-0.1, -0.05) is 25.2 Å². The van der Waals surface area contributed by atoms with Gasteiger partial charge in [0.1, 0.15) is 9.88 Å². The monoisotopic (exact) mass is 376 g/mol. The average Bonchev–Trinajstić information content (AvgIpc) is 3.16. The number of thiophene rings is 1. The van der Waals surface area contributed by atoms with Gasteiger partial charge in [-0.15, -0.1) is 11.3 Å². The van der Waals surface area contributed by atoms with E-state index in [9.17, 15) is 9.90 Å². The van der Waals surface area contributed by atoms with Crippen molar-refractivity contribution in [2.45, 2.75) is 58.8 Å². The summed E-state index contributed by atoms with van der Waals surface area (Å²) in [5, 5.41) is 11.3. The number of carbonyl (C=O) groups is 1. The number of aromatic carboxylic acids is 1. The molecule has 6 heteroatoms. The Balaban J connectivity index is 1.77. The molecule has 2 aliphatic carbocycles. The summed E-state index contributed by atoms with van der Waals surface area (Å²) in [7, 11) is 0. The number of rotatable bonds is 5. The summed E-state index contributed by atoms with van der Waals surface area (Å²) in [4.78, 5) is 19.7. The van der Waals surface area contributed by atoms with E-state index in [4.69, 9.17) is 0 Å². The minimum Gasteiger partial charge on any atom is -0.477 e. The highest BCUT2D eigenvalue weighted by Gasteiger charge is 2.37. The van der Waals surface area contributed by atoms with Crippen molar-refractivity contribution in [3.8, 4) is 0 Å². The maximum atomic E-state index is 11.2. The molecule has 2 aliphatic rings. The van der Waals surface area contributed by atoms with Gasteiger partial charge in [-0.25, -0.2) is 9.78 Å². The summed E-state index contributed by atoms with van der Waals surface area (Å²) >= 11 is 3.21. The topological polar surface area (TPSA) is 53.4 Å². The van der Waals surface area contributed by atoms with Gasteiger partial charge in [-0.3, -0.25) is 0 Å². The summed E-state index contributed by atoms with van der Waals surface area (Å²) in [5.74, 6) is -0.139. The van der Waals surface area contributed by atoms with Crippen LogP contribution in [0.1, 0.15) is 71.6 Å². The minimum absolute atomic E-state index is 0.308. The molecular weight excluding hydrogens is 352 g/mol. The van der Waals surface area contributed by atoms with E-state index in [1.807, 2.05) is 11.3 Å². The number of nitrogens with zero attached hydrogens (tertiary/aromatic N) is 2. The lowest BCUT2D eigenvalue weighted by Gasteiger charge is -2.31. The zero-order valence-electron chi connectivity index (χ0n) is 15.0. The van der Waals surface area contributed by atoms with Gasteiger partial charge in [0.2, 0.25) is 0 Å². The Kier molecular flexibility index (Phi) is 4.15. The highest BCUT2D eigenvalue weighted by Crippen LogP contribution is 2.54. The number of thiazole rings is 1. The van der Waals surface area contributed by atoms with Gasteiger partial charge in [0.05, 0.1) is 6.20 Å². The average molecular weight is 377 g/mol. The molecule has 0 aromatic carbocycles. The van der Waals surface area contributed by atoms with E-state index in [2.05, 4.69) is 30.7 Å². The maximum Gasteiger partial charge on any atom is 0.347 e. The molecular formula is C19H24N2O2S2. The van der Waals surface area contributed by atoms with Gasteiger partial charge >= 0.3 is 5.97 Å². The minimum atomic E-state index is -0.895. The molecule has 4 rings (SSSR count). The molecule has 0 bridgehead atoms. The number of fused-ring (bicyclic) bond motifs is 1. The molecule has 134 valence electrons. The van der Waals surface area contributed by atoms with E-state index in [0.717, 1.165) is 24.0 Å². The van der Waals surface area contributed by atoms with E-state index in [-0.39, 0.29) is 0 Å². The summed E-state index contributed by atoms with van der Waals surface area (Å²) in [6.07, 6.45) is 7.62. The molecule has 0 unspecified atom stereocenters. The fraction of sp³-hybridized carbons (Fsp3) is 0.579. The van der Waals surface area contributed by atoms with Crippen molar-refractivity contribution >= 4 is 38.8 Å². The van der Waals surface area contributed by atoms with Gasteiger partial charge in [-0.05, 0) is 61.5 Å². The third-order valence-corrected chi connectivity index (χ3v) is 7.75. The lowest BCUT2D eigenvalue weighted by molar-refractivity contribution is 0.0702. The summed E-state index contributed by atoms with van der Waals surface area (Å²) in [6, 6.07) is 0. The van der Waals surface area contributed by atoms with Crippen LogP contribution in [0.15, 0.2) is 6.20 Å². The quantitative estimate of drug-likeness (QED) is 0.753. The number of anilines is 2. The number of aromatic nitrogens is 1. The first-order valence-corrected chi connectivity index (χ1v) is 10.6. The molecule has 0 atom stereocenters. The van der Waals surface area contributed by atoms with Gasteiger partial charge < -0.3 is 10.0 Å². The summed E-state index contributed by atoms with van der Waals surface area (Å²) in [5.41, 5.74) is 3.47. The van der Waals surface area contributed by atoms with Gasteiger partial charge in [0, 0.05) is 11.4 Å². The van der Waals surface area contributed by atoms with Crippen molar-refractivity contribution in [1.29, 1.82) is 0 Å². The molecule has 1 fully saturated rings. The van der Waals surface area contributed by atoms with Crippen LogP contribution in [-0.2, 0) is 12.8 Å². The summed E-state index contributed by atoms with van der Waals surface area (Å²) in [6.45, 7) is 7.69. The van der Waals surface area contributed by atoms with Crippen molar-refractivity contribution in [2.75, 3.05) is 11.4 Å². The molecule has 1 saturated carbocycles. The molecule has 4 nitrogen and oxygen atoms in total. The van der Waals surface area contributed by atoms with Gasteiger partial charge in [0.25, 0.3) is 0 Å². The smallest absolute Gasteiger partial charge is 0.347 e. The van der Waals surface area contributed by atoms with Crippen molar-refractivity contribution in [1.82, 2.24) is 4.98 Å². The third-order valence-electron chi connectivity index (χ3n) is 5.28. The lowest BCUT2D eigenvalue weighted by atomic mass is 9.74. The standard InChI is InChI=1S/C19H24N2O2S2/c1-4-21(18-20-10-14(24-18)17(22)23)16-12-7-8-19(2,3)9-13(12)15(25-16)11-5-6-11/h10-11H,4-9H2,1-3H3,(H,22,23). The maximum absolute atomic E-state index is 11.2. The van der Waals surface area contributed by atoms with E-state index >= 15 is 0 Å². The molecule has 2 heterocycles.